The van der Waals surface area contributed by atoms with Crippen LogP contribution in [0.5, 0.6) is 0 Å². The highest BCUT2D eigenvalue weighted by Crippen LogP contribution is 2.27. The summed E-state index contributed by atoms with van der Waals surface area (Å²) in [6.45, 7) is 0.485. The van der Waals surface area contributed by atoms with E-state index < -0.39 is 68.2 Å². The van der Waals surface area contributed by atoms with Gasteiger partial charge in [-0.25, -0.2) is 26.0 Å². The third kappa shape index (κ3) is 4.72. The molecule has 0 aliphatic carbocycles. The van der Waals surface area contributed by atoms with Gasteiger partial charge in [0.1, 0.15) is 22.3 Å². The number of halogens is 7. The van der Waals surface area contributed by atoms with Crippen molar-refractivity contribution in [3.63, 3.8) is 0 Å². The summed E-state index contributed by atoms with van der Waals surface area (Å²) in [5.74, 6) is -4.75. The lowest BCUT2D eigenvalue weighted by molar-refractivity contribution is -0.147. The number of pyridine rings is 1. The average molecular weight is 462 g/mol. The molecule has 1 atom stereocenters. The van der Waals surface area contributed by atoms with Gasteiger partial charge in [-0.3, -0.25) is 9.78 Å². The lowest BCUT2D eigenvalue weighted by atomic mass is 10.3. The number of carbonyl (C=O) groups is 1. The molecule has 2 N–H and O–H groups in total. The Morgan fingerprint density at radius 1 is 1.20 bits per heavy atom. The van der Waals surface area contributed by atoms with Crippen molar-refractivity contribution in [3.8, 4) is 0 Å². The third-order valence-corrected chi connectivity index (χ3v) is 5.31. The molecule has 0 aliphatic rings. The molecule has 0 saturated heterocycles. The van der Waals surface area contributed by atoms with Gasteiger partial charge in [0.05, 0.1) is 5.69 Å². The van der Waals surface area contributed by atoms with Crippen molar-refractivity contribution < 1.29 is 43.9 Å². The Bertz CT molecular complexity index is 1070. The predicted molar refractivity (Wildman–Crippen MR) is 88.3 cm³/mol. The van der Waals surface area contributed by atoms with Gasteiger partial charge < -0.3 is 9.88 Å². The first kappa shape index (κ1) is 23.6. The number of hydrogen-bond donors (Lipinski definition) is 2. The minimum absolute atomic E-state index is 0.485. The Balaban J connectivity index is 2.38. The zero-order valence-electron chi connectivity index (χ0n) is 15.1. The molecular weight excluding hydrogens is 449 g/mol. The van der Waals surface area contributed by atoms with Gasteiger partial charge in [-0.2, -0.15) is 17.9 Å². The molecule has 0 aliphatic heterocycles. The first-order chi connectivity index (χ1) is 13.7. The number of nitrogens with zero attached hydrogens (tertiary/aromatic N) is 2. The summed E-state index contributed by atoms with van der Waals surface area (Å²) in [6, 6.07) is -1.76. The maximum absolute atomic E-state index is 14.6. The standard InChI is InChI=1S/C15H13F7N4O3S/c1-6(15(20,21)22)25-30(28,29)8-5-26(2)12(10(8)17)14(27)24-7-3-4-23-11(9(7)16)13(18)19/h3-6,13,25H,1-2H3,(H,23,24,27)/t6-/m1/s1. The lowest BCUT2D eigenvalue weighted by Gasteiger charge is -2.16. The molecule has 7 nitrogen and oxygen atoms in total. The lowest BCUT2D eigenvalue weighted by Crippen LogP contribution is -2.43. The summed E-state index contributed by atoms with van der Waals surface area (Å²) in [7, 11) is -4.04. The summed E-state index contributed by atoms with van der Waals surface area (Å²) in [4.78, 5) is 14.1. The Morgan fingerprint density at radius 3 is 2.33 bits per heavy atom. The number of aromatic nitrogens is 2. The van der Waals surface area contributed by atoms with Gasteiger partial charge >= 0.3 is 6.18 Å². The van der Waals surface area contributed by atoms with E-state index in [1.807, 2.05) is 0 Å². The summed E-state index contributed by atoms with van der Waals surface area (Å²) in [6.07, 6.45) is -6.99. The van der Waals surface area contributed by atoms with E-state index in [-0.39, 0.29) is 0 Å². The molecule has 0 aromatic carbocycles. The van der Waals surface area contributed by atoms with Crippen molar-refractivity contribution in [1.82, 2.24) is 14.3 Å². The number of hydrogen-bond acceptors (Lipinski definition) is 4. The molecule has 0 unspecified atom stereocenters. The predicted octanol–water partition coefficient (Wildman–Crippen LogP) is 3.12. The van der Waals surface area contributed by atoms with E-state index in [9.17, 15) is 43.9 Å². The van der Waals surface area contributed by atoms with Crippen LogP contribution < -0.4 is 10.0 Å². The van der Waals surface area contributed by atoms with E-state index >= 15 is 0 Å². The molecule has 166 valence electrons. The fourth-order valence-electron chi connectivity index (χ4n) is 2.27. The molecule has 2 aromatic rings. The van der Waals surface area contributed by atoms with Crippen LogP contribution in [-0.4, -0.2) is 36.1 Å². The topological polar surface area (TPSA) is 93.1 Å². The number of nitrogens with one attached hydrogen (secondary N) is 2. The number of amides is 1. The van der Waals surface area contributed by atoms with Crippen molar-refractivity contribution in [1.29, 1.82) is 0 Å². The number of aryl methyl sites for hydroxylation is 1. The van der Waals surface area contributed by atoms with Crippen molar-refractivity contribution in [2.24, 2.45) is 7.05 Å². The quantitative estimate of drug-likeness (QED) is 0.646. The molecule has 2 heterocycles. The molecular formula is C15H13F7N4O3S. The van der Waals surface area contributed by atoms with Gasteiger partial charge in [-0.1, -0.05) is 0 Å². The van der Waals surface area contributed by atoms with Gasteiger partial charge in [-0.05, 0) is 13.0 Å². The zero-order valence-corrected chi connectivity index (χ0v) is 15.9. The summed E-state index contributed by atoms with van der Waals surface area (Å²) < 4.78 is 118. The molecule has 1 amide bonds. The van der Waals surface area contributed by atoms with Crippen LogP contribution in [0.1, 0.15) is 29.5 Å². The molecule has 30 heavy (non-hydrogen) atoms. The van der Waals surface area contributed by atoms with E-state index in [0.29, 0.717) is 17.7 Å². The van der Waals surface area contributed by atoms with Gasteiger partial charge in [-0.15, -0.1) is 0 Å². The van der Waals surface area contributed by atoms with Crippen LogP contribution >= 0.6 is 0 Å². The van der Waals surface area contributed by atoms with Gasteiger partial charge in [0, 0.05) is 19.4 Å². The Kier molecular flexibility index (Phi) is 6.46. The molecule has 2 aromatic heterocycles. The van der Waals surface area contributed by atoms with Gasteiger partial charge in [0.25, 0.3) is 12.3 Å². The van der Waals surface area contributed by atoms with Crippen molar-refractivity contribution in [3.05, 3.63) is 41.5 Å². The number of anilines is 1. The molecule has 0 fully saturated rings. The molecule has 0 bridgehead atoms. The maximum atomic E-state index is 14.6. The van der Waals surface area contributed by atoms with Crippen molar-refractivity contribution in [2.45, 2.75) is 30.5 Å². The molecule has 0 spiro atoms. The molecule has 2 rings (SSSR count). The highest BCUT2D eigenvalue weighted by Gasteiger charge is 2.40. The minimum atomic E-state index is -5.04. The molecule has 15 heteroatoms. The average Bonchev–Trinajstić information content (AvgIpc) is 2.90. The minimum Gasteiger partial charge on any atom is -0.343 e. The Hall–Kier alpha value is -2.68. The number of sulfonamides is 1. The highest BCUT2D eigenvalue weighted by atomic mass is 32.2. The first-order valence-electron chi connectivity index (χ1n) is 7.84. The van der Waals surface area contributed by atoms with E-state index in [2.05, 4.69) is 4.98 Å². The van der Waals surface area contributed by atoms with Crippen LogP contribution in [0.2, 0.25) is 0 Å². The Morgan fingerprint density at radius 2 is 1.80 bits per heavy atom. The van der Waals surface area contributed by atoms with Crippen molar-refractivity contribution >= 4 is 21.6 Å². The van der Waals surface area contributed by atoms with Crippen LogP contribution in [0.25, 0.3) is 0 Å². The monoisotopic (exact) mass is 462 g/mol. The van der Waals surface area contributed by atoms with E-state index in [0.717, 1.165) is 19.3 Å². The fraction of sp³-hybridized carbons (Fsp3) is 0.333. The van der Waals surface area contributed by atoms with Crippen LogP contribution in [0, 0.1) is 11.6 Å². The SMILES string of the molecule is C[C@@H](NS(=O)(=O)c1cn(C)c(C(=O)Nc2ccnc(C(F)F)c2F)c1F)C(F)(F)F. The normalized spacial score (nSPS) is 13.5. The summed E-state index contributed by atoms with van der Waals surface area (Å²) in [5, 5.41) is 1.79. The van der Waals surface area contributed by atoms with Crippen molar-refractivity contribution in [2.75, 3.05) is 5.32 Å². The van der Waals surface area contributed by atoms with E-state index in [1.165, 1.54) is 4.72 Å². The first-order valence-corrected chi connectivity index (χ1v) is 9.33. The van der Waals surface area contributed by atoms with E-state index in [4.69, 9.17) is 0 Å². The number of carbonyl (C=O) groups excluding carboxylic acids is 1. The Labute approximate surface area is 164 Å². The van der Waals surface area contributed by atoms with E-state index in [1.54, 1.807) is 5.32 Å². The second kappa shape index (κ2) is 8.22. The second-order valence-electron chi connectivity index (χ2n) is 5.96. The van der Waals surface area contributed by atoms with Crippen LogP contribution in [0.4, 0.5) is 36.4 Å². The summed E-state index contributed by atoms with van der Waals surface area (Å²) >= 11 is 0. The highest BCUT2D eigenvalue weighted by molar-refractivity contribution is 7.89. The van der Waals surface area contributed by atoms with Crippen LogP contribution in [0.3, 0.4) is 0 Å². The van der Waals surface area contributed by atoms with Crippen LogP contribution in [0.15, 0.2) is 23.4 Å². The molecule has 0 radical (unpaired) electrons. The van der Waals surface area contributed by atoms with Gasteiger partial charge in [0.15, 0.2) is 11.6 Å². The van der Waals surface area contributed by atoms with Gasteiger partial charge in [0.2, 0.25) is 10.0 Å². The van der Waals surface area contributed by atoms with Crippen LogP contribution in [-0.2, 0) is 17.1 Å². The number of alkyl halides is 5. The second-order valence-corrected chi connectivity index (χ2v) is 7.65. The molecule has 0 saturated carbocycles. The number of rotatable bonds is 6. The largest absolute Gasteiger partial charge is 0.404 e. The maximum Gasteiger partial charge on any atom is 0.404 e. The third-order valence-electron chi connectivity index (χ3n) is 3.79. The zero-order chi connectivity index (χ0) is 23.0. The summed E-state index contributed by atoms with van der Waals surface area (Å²) in [5.41, 5.74) is -3.07. The smallest absolute Gasteiger partial charge is 0.343 e. The fourth-order valence-corrected chi connectivity index (χ4v) is 3.62.